The van der Waals surface area contributed by atoms with Gasteiger partial charge in [0.05, 0.1) is 12.8 Å². The quantitative estimate of drug-likeness (QED) is 0.600. The summed E-state index contributed by atoms with van der Waals surface area (Å²) in [5.74, 6) is -1.60. The van der Waals surface area contributed by atoms with Gasteiger partial charge < -0.3 is 9.84 Å². The molecule has 1 rings (SSSR count). The molecular weight excluding hydrogens is 222 g/mol. The van der Waals surface area contributed by atoms with Crippen LogP contribution in [-0.4, -0.2) is 22.0 Å². The smallest absolute Gasteiger partial charge is 0.307 e. The number of aliphatic carboxylic acids is 1. The van der Waals surface area contributed by atoms with Crippen LogP contribution in [0.4, 0.5) is 0 Å². The first-order valence-corrected chi connectivity index (χ1v) is 5.07. The maximum atomic E-state index is 11.3. The topological polar surface area (TPSA) is 76.5 Å². The molecule has 90 valence electrons. The maximum absolute atomic E-state index is 11.3. The van der Waals surface area contributed by atoms with Crippen LogP contribution in [-0.2, 0) is 14.3 Å². The van der Waals surface area contributed by atoms with Crippen LogP contribution in [0.2, 0.25) is 0 Å². The Morgan fingerprint density at radius 1 is 1.53 bits per heavy atom. The first kappa shape index (κ1) is 12.9. The van der Waals surface area contributed by atoms with Gasteiger partial charge in [0.1, 0.15) is 6.10 Å². The Morgan fingerprint density at radius 3 is 2.82 bits per heavy atom. The molecule has 0 unspecified atom stereocenters. The van der Waals surface area contributed by atoms with Crippen molar-refractivity contribution in [2.75, 3.05) is 0 Å². The van der Waals surface area contributed by atoms with Gasteiger partial charge in [-0.1, -0.05) is 12.6 Å². The number of hydrogen-bond donors (Lipinski definition) is 1. The predicted molar refractivity (Wildman–Crippen MR) is 60.1 cm³/mol. The Balaban J connectivity index is 2.56. The van der Waals surface area contributed by atoms with Crippen LogP contribution in [0.1, 0.15) is 24.5 Å². The number of pyridine rings is 1. The summed E-state index contributed by atoms with van der Waals surface area (Å²) in [6.45, 7) is 3.56. The van der Waals surface area contributed by atoms with Crippen molar-refractivity contribution < 1.29 is 19.4 Å². The van der Waals surface area contributed by atoms with Crippen molar-refractivity contribution >= 4 is 11.9 Å². The summed E-state index contributed by atoms with van der Waals surface area (Å²) in [5, 5.41) is 8.43. The molecule has 5 nitrogen and oxygen atoms in total. The molecule has 0 amide bonds. The van der Waals surface area contributed by atoms with E-state index in [1.165, 1.54) is 6.08 Å². The summed E-state index contributed by atoms with van der Waals surface area (Å²) >= 11 is 0. The van der Waals surface area contributed by atoms with E-state index >= 15 is 0 Å². The van der Waals surface area contributed by atoms with Crippen molar-refractivity contribution in [1.82, 2.24) is 4.98 Å². The number of carboxylic acid groups (broad SMARTS) is 1. The molecule has 0 saturated heterocycles. The lowest BCUT2D eigenvalue weighted by Gasteiger charge is -2.13. The molecular formula is C12H13NO4. The number of hydrogen-bond acceptors (Lipinski definition) is 4. The second-order valence-corrected chi connectivity index (χ2v) is 3.33. The van der Waals surface area contributed by atoms with Gasteiger partial charge in [0.15, 0.2) is 0 Å². The molecule has 17 heavy (non-hydrogen) atoms. The van der Waals surface area contributed by atoms with E-state index < -0.39 is 18.0 Å². The summed E-state index contributed by atoms with van der Waals surface area (Å²) in [5.41, 5.74) is 0.700. The Morgan fingerprint density at radius 2 is 2.29 bits per heavy atom. The second-order valence-electron chi connectivity index (χ2n) is 3.33. The van der Waals surface area contributed by atoms with Crippen molar-refractivity contribution in [1.29, 1.82) is 0 Å². The molecule has 0 fully saturated rings. The largest absolute Gasteiger partial charge is 0.481 e. The molecule has 0 radical (unpaired) electrons. The molecule has 1 aromatic rings. The fourth-order valence-electron chi connectivity index (χ4n) is 1.21. The molecule has 1 heterocycles. The molecule has 1 atom stereocenters. The summed E-state index contributed by atoms with van der Waals surface area (Å²) < 4.78 is 5.08. The van der Waals surface area contributed by atoms with E-state index in [0.29, 0.717) is 5.56 Å². The van der Waals surface area contributed by atoms with Gasteiger partial charge in [-0.05, 0) is 12.1 Å². The molecule has 0 bridgehead atoms. The molecule has 0 aromatic carbocycles. The third-order valence-corrected chi connectivity index (χ3v) is 2.03. The molecule has 0 spiro atoms. The SMILES string of the molecule is C=C[C@@H](OC(=O)CCC(=O)O)c1cccnc1. The average Bonchev–Trinajstić information content (AvgIpc) is 2.34. The molecule has 1 N–H and O–H groups in total. The van der Waals surface area contributed by atoms with E-state index in [4.69, 9.17) is 9.84 Å². The number of carboxylic acids is 1. The zero-order valence-electron chi connectivity index (χ0n) is 9.20. The number of carbonyl (C=O) groups is 2. The van der Waals surface area contributed by atoms with E-state index in [1.54, 1.807) is 24.5 Å². The number of nitrogens with zero attached hydrogens (tertiary/aromatic N) is 1. The summed E-state index contributed by atoms with van der Waals surface area (Å²) in [7, 11) is 0. The lowest BCUT2D eigenvalue weighted by atomic mass is 10.1. The van der Waals surface area contributed by atoms with E-state index in [0.717, 1.165) is 0 Å². The van der Waals surface area contributed by atoms with Crippen LogP contribution in [0.15, 0.2) is 37.2 Å². The van der Waals surface area contributed by atoms with Crippen molar-refractivity contribution in [2.24, 2.45) is 0 Å². The Hall–Kier alpha value is -2.17. The minimum Gasteiger partial charge on any atom is -0.481 e. The molecule has 0 aliphatic rings. The maximum Gasteiger partial charge on any atom is 0.307 e. The Labute approximate surface area is 98.7 Å². The standard InChI is InChI=1S/C12H13NO4/c1-2-10(9-4-3-7-13-8-9)17-12(16)6-5-11(14)15/h2-4,7-8,10H,1,5-6H2,(H,14,15)/t10-/m1/s1. The van der Waals surface area contributed by atoms with Crippen molar-refractivity contribution in [2.45, 2.75) is 18.9 Å². The van der Waals surface area contributed by atoms with Gasteiger partial charge in [0.25, 0.3) is 0 Å². The minimum absolute atomic E-state index is 0.153. The van der Waals surface area contributed by atoms with E-state index in [9.17, 15) is 9.59 Å². The number of ether oxygens (including phenoxy) is 1. The van der Waals surface area contributed by atoms with Crippen molar-refractivity contribution in [3.8, 4) is 0 Å². The zero-order valence-corrected chi connectivity index (χ0v) is 9.20. The van der Waals surface area contributed by atoms with E-state index in [-0.39, 0.29) is 12.8 Å². The van der Waals surface area contributed by atoms with Gasteiger partial charge in [-0.25, -0.2) is 0 Å². The Kier molecular flexibility index (Phi) is 4.87. The first-order chi connectivity index (χ1) is 8.13. The average molecular weight is 235 g/mol. The number of aromatic nitrogens is 1. The van der Waals surface area contributed by atoms with Gasteiger partial charge in [-0.3, -0.25) is 14.6 Å². The molecule has 0 aliphatic carbocycles. The molecule has 5 heteroatoms. The molecule has 0 saturated carbocycles. The minimum atomic E-state index is -1.03. The van der Waals surface area contributed by atoms with Gasteiger partial charge in [0, 0.05) is 18.0 Å². The number of esters is 1. The summed E-state index contributed by atoms with van der Waals surface area (Å²) in [4.78, 5) is 25.5. The predicted octanol–water partition coefficient (Wildman–Crippen LogP) is 1.72. The highest BCUT2D eigenvalue weighted by Gasteiger charge is 2.14. The summed E-state index contributed by atoms with van der Waals surface area (Å²) in [6.07, 6.45) is 3.66. The normalized spacial score (nSPS) is 11.5. The second kappa shape index (κ2) is 6.42. The van der Waals surface area contributed by atoms with Crippen LogP contribution in [0.3, 0.4) is 0 Å². The van der Waals surface area contributed by atoms with Crippen LogP contribution in [0.5, 0.6) is 0 Å². The monoisotopic (exact) mass is 235 g/mol. The van der Waals surface area contributed by atoms with Crippen LogP contribution in [0, 0.1) is 0 Å². The molecule has 1 aromatic heterocycles. The first-order valence-electron chi connectivity index (χ1n) is 5.07. The van der Waals surface area contributed by atoms with Crippen molar-refractivity contribution in [3.05, 3.63) is 42.7 Å². The third kappa shape index (κ3) is 4.46. The number of rotatable bonds is 6. The number of carbonyl (C=O) groups excluding carboxylic acids is 1. The summed E-state index contributed by atoms with van der Waals surface area (Å²) in [6, 6.07) is 3.47. The fraction of sp³-hybridized carbons (Fsp3) is 0.250. The van der Waals surface area contributed by atoms with Gasteiger partial charge >= 0.3 is 11.9 Å². The van der Waals surface area contributed by atoms with Gasteiger partial charge in [-0.2, -0.15) is 0 Å². The highest BCUT2D eigenvalue weighted by Crippen LogP contribution is 2.18. The van der Waals surface area contributed by atoms with Crippen LogP contribution >= 0.6 is 0 Å². The highest BCUT2D eigenvalue weighted by molar-refractivity contribution is 5.76. The third-order valence-electron chi connectivity index (χ3n) is 2.03. The van der Waals surface area contributed by atoms with Gasteiger partial charge in [-0.15, -0.1) is 0 Å². The zero-order chi connectivity index (χ0) is 12.7. The van der Waals surface area contributed by atoms with E-state index in [2.05, 4.69) is 11.6 Å². The van der Waals surface area contributed by atoms with Crippen molar-refractivity contribution in [3.63, 3.8) is 0 Å². The molecule has 0 aliphatic heterocycles. The van der Waals surface area contributed by atoms with Crippen LogP contribution < -0.4 is 0 Å². The van der Waals surface area contributed by atoms with E-state index in [1.807, 2.05) is 0 Å². The highest BCUT2D eigenvalue weighted by atomic mass is 16.5. The lowest BCUT2D eigenvalue weighted by molar-refractivity contribution is -0.150. The Bertz CT molecular complexity index is 402. The lowest BCUT2D eigenvalue weighted by Crippen LogP contribution is -2.11. The van der Waals surface area contributed by atoms with Gasteiger partial charge in [0.2, 0.25) is 0 Å². The van der Waals surface area contributed by atoms with Crippen LogP contribution in [0.25, 0.3) is 0 Å². The fourth-order valence-corrected chi connectivity index (χ4v) is 1.21.